The van der Waals surface area contributed by atoms with E-state index in [-0.39, 0.29) is 11.4 Å². The van der Waals surface area contributed by atoms with Crippen molar-refractivity contribution in [2.45, 2.75) is 10.6 Å². The predicted octanol–water partition coefficient (Wildman–Crippen LogP) is 6.22. The fraction of sp³-hybridized carbons (Fsp3) is 0.0882. The van der Waals surface area contributed by atoms with Crippen molar-refractivity contribution in [1.82, 2.24) is 5.32 Å². The van der Waals surface area contributed by atoms with Crippen LogP contribution in [0.2, 0.25) is 0 Å². The number of thioether (sulfide) groups is 1. The summed E-state index contributed by atoms with van der Waals surface area (Å²) in [5.41, 5.74) is 1.77. The molecule has 44 heavy (non-hydrogen) atoms. The number of anilines is 1. The maximum Gasteiger partial charge on any atom is 0.340 e. The molecular formula is C34H28N2O7S. The van der Waals surface area contributed by atoms with Gasteiger partial charge in [-0.2, -0.15) is 0 Å². The van der Waals surface area contributed by atoms with Crippen LogP contribution in [0.4, 0.5) is 5.69 Å². The number of ether oxygens (including phenoxy) is 2. The number of carbonyl (C=O) groups is 2. The minimum Gasteiger partial charge on any atom is -0.508 e. The van der Waals surface area contributed by atoms with E-state index in [0.29, 0.717) is 50.6 Å². The second-order valence-corrected chi connectivity index (χ2v) is 10.6. The lowest BCUT2D eigenvalue weighted by atomic mass is 10.1. The molecule has 0 radical (unpaired) electrons. The minimum atomic E-state index is -0.542. The van der Waals surface area contributed by atoms with Crippen LogP contribution in [0, 0.1) is 0 Å². The van der Waals surface area contributed by atoms with Crippen LogP contribution in [-0.2, 0) is 10.5 Å². The highest BCUT2D eigenvalue weighted by atomic mass is 32.2. The lowest BCUT2D eigenvalue weighted by molar-refractivity contribution is -0.113. The Morgan fingerprint density at radius 1 is 0.909 bits per heavy atom. The first-order chi connectivity index (χ1) is 21.3. The summed E-state index contributed by atoms with van der Waals surface area (Å²) in [4.78, 5) is 39.7. The molecular weight excluding hydrogens is 580 g/mol. The molecule has 222 valence electrons. The average molecular weight is 609 g/mol. The van der Waals surface area contributed by atoms with Crippen molar-refractivity contribution in [2.24, 2.45) is 0 Å². The van der Waals surface area contributed by atoms with Gasteiger partial charge < -0.3 is 29.6 Å². The maximum absolute atomic E-state index is 13.5. The van der Waals surface area contributed by atoms with Crippen molar-refractivity contribution in [3.63, 3.8) is 0 Å². The van der Waals surface area contributed by atoms with Gasteiger partial charge in [0, 0.05) is 44.5 Å². The van der Waals surface area contributed by atoms with E-state index in [1.165, 1.54) is 44.2 Å². The summed E-state index contributed by atoms with van der Waals surface area (Å²) in [6.45, 7) is 0. The summed E-state index contributed by atoms with van der Waals surface area (Å²) >= 11 is 1.43. The fourth-order valence-electron chi connectivity index (χ4n) is 4.29. The number of aromatic hydroxyl groups is 1. The minimum absolute atomic E-state index is 0.000191. The number of phenolic OH excluding ortho intramolecular Hbond substituents is 1. The van der Waals surface area contributed by atoms with Gasteiger partial charge in [-0.3, -0.25) is 9.59 Å². The van der Waals surface area contributed by atoms with Gasteiger partial charge in [0.1, 0.15) is 28.5 Å². The van der Waals surface area contributed by atoms with Crippen molar-refractivity contribution < 1.29 is 28.6 Å². The third-order valence-corrected chi connectivity index (χ3v) is 7.62. The molecule has 9 nitrogen and oxygen atoms in total. The van der Waals surface area contributed by atoms with Gasteiger partial charge in [-0.1, -0.05) is 18.2 Å². The van der Waals surface area contributed by atoms with Crippen LogP contribution >= 0.6 is 11.8 Å². The first-order valence-electron chi connectivity index (χ1n) is 13.4. The van der Waals surface area contributed by atoms with Gasteiger partial charge in [0.05, 0.1) is 14.2 Å². The van der Waals surface area contributed by atoms with E-state index < -0.39 is 17.4 Å². The van der Waals surface area contributed by atoms with Crippen LogP contribution in [-0.4, -0.2) is 31.1 Å². The van der Waals surface area contributed by atoms with E-state index in [1.54, 1.807) is 72.8 Å². The van der Waals surface area contributed by atoms with Crippen molar-refractivity contribution >= 4 is 46.3 Å². The van der Waals surface area contributed by atoms with Gasteiger partial charge >= 0.3 is 5.63 Å². The van der Waals surface area contributed by atoms with Gasteiger partial charge in [0.25, 0.3) is 11.8 Å². The molecule has 1 aromatic heterocycles. The number of amides is 2. The highest BCUT2D eigenvalue weighted by Gasteiger charge is 2.17. The number of rotatable bonds is 10. The number of benzene rings is 4. The first kappa shape index (κ1) is 30.0. The normalized spacial score (nSPS) is 11.2. The standard InChI is InChI=1S/C34H28N2O7S/c1-41-27-12-15-30(42-2)23(17-27)18-29(36-32(38)21-6-4-3-5-7-21)33(39)35-25-9-13-28(14-10-25)44-20-24-16-22-8-11-26(37)19-31(22)43-34(24)40/h3-19,37H,20H2,1-2H3,(H,35,39)(H,36,38)/b29-18-. The van der Waals surface area contributed by atoms with E-state index in [2.05, 4.69) is 10.6 Å². The average Bonchev–Trinajstić information content (AvgIpc) is 3.04. The molecule has 1 heterocycles. The van der Waals surface area contributed by atoms with E-state index in [4.69, 9.17) is 13.9 Å². The Morgan fingerprint density at radius 2 is 1.68 bits per heavy atom. The number of hydrogen-bond donors (Lipinski definition) is 3. The second kappa shape index (κ2) is 13.7. The Morgan fingerprint density at radius 3 is 2.41 bits per heavy atom. The number of methoxy groups -OCH3 is 2. The monoisotopic (exact) mass is 608 g/mol. The van der Waals surface area contributed by atoms with E-state index in [9.17, 15) is 19.5 Å². The fourth-order valence-corrected chi connectivity index (χ4v) is 5.14. The van der Waals surface area contributed by atoms with Gasteiger partial charge in [0.15, 0.2) is 0 Å². The van der Waals surface area contributed by atoms with E-state index >= 15 is 0 Å². The van der Waals surface area contributed by atoms with Gasteiger partial charge in [0.2, 0.25) is 0 Å². The number of nitrogens with one attached hydrogen (secondary N) is 2. The molecule has 10 heteroatoms. The Kier molecular flexibility index (Phi) is 9.31. The molecule has 3 N–H and O–H groups in total. The zero-order valence-corrected chi connectivity index (χ0v) is 24.6. The molecule has 0 saturated carbocycles. The lowest BCUT2D eigenvalue weighted by Crippen LogP contribution is -2.30. The van der Waals surface area contributed by atoms with Crippen LogP contribution in [0.15, 0.2) is 117 Å². The zero-order valence-electron chi connectivity index (χ0n) is 23.8. The summed E-state index contributed by atoms with van der Waals surface area (Å²) < 4.78 is 16.1. The molecule has 0 saturated heterocycles. The van der Waals surface area contributed by atoms with Crippen molar-refractivity contribution in [3.8, 4) is 17.2 Å². The molecule has 5 aromatic rings. The van der Waals surface area contributed by atoms with Crippen molar-refractivity contribution in [1.29, 1.82) is 0 Å². The Hall–Kier alpha value is -5.48. The van der Waals surface area contributed by atoms with Crippen LogP contribution in [0.5, 0.6) is 17.2 Å². The summed E-state index contributed by atoms with van der Waals surface area (Å²) in [5, 5.41) is 15.9. The number of fused-ring (bicyclic) bond motifs is 1. The summed E-state index contributed by atoms with van der Waals surface area (Å²) in [6.07, 6.45) is 1.53. The summed E-state index contributed by atoms with van der Waals surface area (Å²) in [6, 6.07) is 27.2. The van der Waals surface area contributed by atoms with Crippen LogP contribution in [0.3, 0.4) is 0 Å². The Bertz CT molecular complexity index is 1900. The smallest absolute Gasteiger partial charge is 0.340 e. The van der Waals surface area contributed by atoms with E-state index in [1.807, 2.05) is 12.1 Å². The molecule has 5 rings (SSSR count). The highest BCUT2D eigenvalue weighted by Crippen LogP contribution is 2.28. The van der Waals surface area contributed by atoms with E-state index in [0.717, 1.165) is 4.90 Å². The third kappa shape index (κ3) is 7.29. The third-order valence-electron chi connectivity index (χ3n) is 6.56. The Balaban J connectivity index is 1.33. The van der Waals surface area contributed by atoms with Crippen LogP contribution in [0.25, 0.3) is 17.0 Å². The van der Waals surface area contributed by atoms with Crippen molar-refractivity contribution in [2.75, 3.05) is 19.5 Å². The quantitative estimate of drug-likeness (QED) is 0.0970. The SMILES string of the molecule is COc1ccc(OC)c(/C=C(\NC(=O)c2ccccc2)C(=O)Nc2ccc(SCc3cc4ccc(O)cc4oc3=O)cc2)c1. The molecule has 0 aliphatic carbocycles. The predicted molar refractivity (Wildman–Crippen MR) is 170 cm³/mol. The number of phenols is 1. The van der Waals surface area contributed by atoms with Crippen LogP contribution in [0.1, 0.15) is 21.5 Å². The van der Waals surface area contributed by atoms with Crippen molar-refractivity contribution in [3.05, 3.63) is 130 Å². The largest absolute Gasteiger partial charge is 0.508 e. The van der Waals surface area contributed by atoms with Crippen LogP contribution < -0.4 is 25.7 Å². The summed E-state index contributed by atoms with van der Waals surface area (Å²) in [5.74, 6) is 0.446. The topological polar surface area (TPSA) is 127 Å². The summed E-state index contributed by atoms with van der Waals surface area (Å²) in [7, 11) is 3.05. The molecule has 2 amide bonds. The number of carbonyl (C=O) groups excluding carboxylic acids is 2. The molecule has 0 spiro atoms. The van der Waals surface area contributed by atoms with Gasteiger partial charge in [-0.15, -0.1) is 11.8 Å². The molecule has 0 unspecified atom stereocenters. The highest BCUT2D eigenvalue weighted by molar-refractivity contribution is 7.98. The first-order valence-corrected chi connectivity index (χ1v) is 14.4. The molecule has 0 aliphatic heterocycles. The van der Waals surface area contributed by atoms with Gasteiger partial charge in [-0.25, -0.2) is 4.79 Å². The molecule has 0 aliphatic rings. The molecule has 0 bridgehead atoms. The zero-order chi connectivity index (χ0) is 31.1. The van der Waals surface area contributed by atoms with Gasteiger partial charge in [-0.05, 0) is 78.9 Å². The number of hydrogen-bond acceptors (Lipinski definition) is 8. The maximum atomic E-state index is 13.5. The molecule has 4 aromatic carbocycles. The lowest BCUT2D eigenvalue weighted by Gasteiger charge is -2.13. The molecule has 0 atom stereocenters. The Labute approximate surface area is 257 Å². The molecule has 0 fully saturated rings. The second-order valence-electron chi connectivity index (χ2n) is 9.53.